The summed E-state index contributed by atoms with van der Waals surface area (Å²) in [5.41, 5.74) is 3.12. The molecule has 1 saturated heterocycles. The molecule has 1 aliphatic rings. The van der Waals surface area contributed by atoms with Crippen LogP contribution in [0.15, 0.2) is 35.5 Å². The average Bonchev–Trinajstić information content (AvgIpc) is 2.69. The quantitative estimate of drug-likeness (QED) is 0.550. The Morgan fingerprint density at radius 3 is 2.63 bits per heavy atom. The number of aromatic nitrogens is 2. The van der Waals surface area contributed by atoms with E-state index in [2.05, 4.69) is 32.4 Å². The van der Waals surface area contributed by atoms with Gasteiger partial charge in [0.2, 0.25) is 0 Å². The minimum Gasteiger partial charge on any atom is -0.494 e. The zero-order valence-corrected chi connectivity index (χ0v) is 16.4. The minimum absolute atomic E-state index is 0.703. The van der Waals surface area contributed by atoms with E-state index in [-0.39, 0.29) is 0 Å². The van der Waals surface area contributed by atoms with Crippen LogP contribution in [0.1, 0.15) is 36.1 Å². The van der Waals surface area contributed by atoms with E-state index in [0.717, 1.165) is 54.5 Å². The molecular formula is C21H28N4O2. The first-order chi connectivity index (χ1) is 13.2. The third kappa shape index (κ3) is 5.42. The van der Waals surface area contributed by atoms with Gasteiger partial charge in [-0.2, -0.15) is 5.10 Å². The van der Waals surface area contributed by atoms with Crippen molar-refractivity contribution < 1.29 is 9.57 Å². The fourth-order valence-electron chi connectivity index (χ4n) is 3.35. The number of piperidine rings is 1. The Balaban J connectivity index is 1.42. The van der Waals surface area contributed by atoms with Gasteiger partial charge in [-0.25, -0.2) is 0 Å². The fraction of sp³-hybridized carbons (Fsp3) is 0.476. The number of anilines is 1. The van der Waals surface area contributed by atoms with E-state index >= 15 is 0 Å². The van der Waals surface area contributed by atoms with Crippen LogP contribution in [0, 0.1) is 19.8 Å². The van der Waals surface area contributed by atoms with Crippen molar-refractivity contribution in [2.45, 2.75) is 33.1 Å². The summed E-state index contributed by atoms with van der Waals surface area (Å²) in [4.78, 5) is 7.06. The predicted molar refractivity (Wildman–Crippen MR) is 108 cm³/mol. The number of hydrogen-bond donors (Lipinski definition) is 0. The molecule has 27 heavy (non-hydrogen) atoms. The number of rotatable bonds is 7. The zero-order chi connectivity index (χ0) is 19.1. The molecule has 2 aromatic rings. The lowest BCUT2D eigenvalue weighted by Gasteiger charge is -2.32. The molecule has 0 saturated carbocycles. The Labute approximate surface area is 161 Å². The molecule has 2 heterocycles. The van der Waals surface area contributed by atoms with E-state index in [0.29, 0.717) is 5.92 Å². The Morgan fingerprint density at radius 2 is 1.96 bits per heavy atom. The van der Waals surface area contributed by atoms with Gasteiger partial charge in [0.1, 0.15) is 12.9 Å². The lowest BCUT2D eigenvalue weighted by Crippen LogP contribution is -2.34. The maximum absolute atomic E-state index is 5.96. The first-order valence-electron chi connectivity index (χ1n) is 9.51. The molecule has 144 valence electrons. The third-order valence-electron chi connectivity index (χ3n) is 5.06. The Hall–Kier alpha value is -2.63. The van der Waals surface area contributed by atoms with Crippen molar-refractivity contribution in [3.05, 3.63) is 47.2 Å². The third-order valence-corrected chi connectivity index (χ3v) is 5.06. The second-order valence-electron chi connectivity index (χ2n) is 7.04. The van der Waals surface area contributed by atoms with Gasteiger partial charge in [-0.05, 0) is 80.5 Å². The van der Waals surface area contributed by atoms with Crippen molar-refractivity contribution in [2.75, 3.05) is 31.7 Å². The van der Waals surface area contributed by atoms with Crippen molar-refractivity contribution in [3.8, 4) is 5.75 Å². The number of benzene rings is 1. The first-order valence-corrected chi connectivity index (χ1v) is 9.51. The van der Waals surface area contributed by atoms with Gasteiger partial charge in [0.25, 0.3) is 0 Å². The lowest BCUT2D eigenvalue weighted by atomic mass is 9.94. The van der Waals surface area contributed by atoms with Crippen molar-refractivity contribution in [1.82, 2.24) is 10.2 Å². The standard InChI is InChI=1S/C21H28N4O2/c1-16-14-20(6-5-19(16)15-22-26-3)27-13-10-18-8-11-25(12-9-18)21-7-4-17(2)23-24-21/h4-7,14-15,18H,8-13H2,1-3H3. The van der Waals surface area contributed by atoms with Gasteiger partial charge in [-0.3, -0.25) is 0 Å². The lowest BCUT2D eigenvalue weighted by molar-refractivity contribution is 0.215. The highest BCUT2D eigenvalue weighted by molar-refractivity contribution is 5.81. The van der Waals surface area contributed by atoms with Crippen LogP contribution < -0.4 is 9.64 Å². The Morgan fingerprint density at radius 1 is 1.15 bits per heavy atom. The molecule has 1 aliphatic heterocycles. The molecule has 0 aliphatic carbocycles. The smallest absolute Gasteiger partial charge is 0.151 e. The second kappa shape index (κ2) is 9.35. The molecule has 0 atom stereocenters. The van der Waals surface area contributed by atoms with Gasteiger partial charge in [0.05, 0.1) is 18.5 Å². The maximum Gasteiger partial charge on any atom is 0.151 e. The van der Waals surface area contributed by atoms with E-state index in [4.69, 9.17) is 9.57 Å². The topological polar surface area (TPSA) is 59.8 Å². The van der Waals surface area contributed by atoms with Crippen LogP contribution in [0.3, 0.4) is 0 Å². The van der Waals surface area contributed by atoms with Crippen LogP contribution in [0.2, 0.25) is 0 Å². The highest BCUT2D eigenvalue weighted by atomic mass is 16.6. The molecule has 1 aromatic heterocycles. The molecule has 0 unspecified atom stereocenters. The number of aryl methyl sites for hydroxylation is 2. The van der Waals surface area contributed by atoms with Crippen molar-refractivity contribution in [2.24, 2.45) is 11.1 Å². The van der Waals surface area contributed by atoms with E-state index in [1.807, 2.05) is 32.0 Å². The number of ether oxygens (including phenoxy) is 1. The van der Waals surface area contributed by atoms with Gasteiger partial charge < -0.3 is 14.5 Å². The van der Waals surface area contributed by atoms with Gasteiger partial charge in [-0.1, -0.05) is 5.16 Å². The van der Waals surface area contributed by atoms with Crippen LogP contribution in [-0.2, 0) is 4.84 Å². The monoisotopic (exact) mass is 368 g/mol. The normalized spacial score (nSPS) is 15.3. The molecule has 0 bridgehead atoms. The summed E-state index contributed by atoms with van der Waals surface area (Å²) < 4.78 is 5.96. The summed E-state index contributed by atoms with van der Waals surface area (Å²) >= 11 is 0. The van der Waals surface area contributed by atoms with Crippen LogP contribution in [-0.4, -0.2) is 43.2 Å². The molecule has 6 heteroatoms. The highest BCUT2D eigenvalue weighted by Gasteiger charge is 2.20. The van der Waals surface area contributed by atoms with Crippen LogP contribution in [0.25, 0.3) is 0 Å². The molecular weight excluding hydrogens is 340 g/mol. The molecule has 0 spiro atoms. The maximum atomic E-state index is 5.96. The average molecular weight is 368 g/mol. The van der Waals surface area contributed by atoms with Crippen LogP contribution >= 0.6 is 0 Å². The molecule has 0 N–H and O–H groups in total. The molecule has 1 aromatic carbocycles. The van der Waals surface area contributed by atoms with Gasteiger partial charge >= 0.3 is 0 Å². The highest BCUT2D eigenvalue weighted by Crippen LogP contribution is 2.24. The van der Waals surface area contributed by atoms with Crippen molar-refractivity contribution >= 4 is 12.0 Å². The fourth-order valence-corrected chi connectivity index (χ4v) is 3.35. The minimum atomic E-state index is 0.703. The number of hydrogen-bond acceptors (Lipinski definition) is 6. The molecule has 1 fully saturated rings. The summed E-state index contributed by atoms with van der Waals surface area (Å²) in [6, 6.07) is 10.1. The molecule has 3 rings (SSSR count). The number of oxime groups is 1. The molecule has 0 amide bonds. The van der Waals surface area contributed by atoms with Gasteiger partial charge in [-0.15, -0.1) is 5.10 Å². The van der Waals surface area contributed by atoms with Crippen molar-refractivity contribution in [1.29, 1.82) is 0 Å². The first kappa shape index (κ1) is 19.1. The molecule has 6 nitrogen and oxygen atoms in total. The Bertz CT molecular complexity index is 753. The summed E-state index contributed by atoms with van der Waals surface area (Å²) in [7, 11) is 1.54. The van der Waals surface area contributed by atoms with Crippen LogP contribution in [0.4, 0.5) is 5.82 Å². The summed E-state index contributed by atoms with van der Waals surface area (Å²) in [6.07, 6.45) is 5.14. The van der Waals surface area contributed by atoms with E-state index in [9.17, 15) is 0 Å². The largest absolute Gasteiger partial charge is 0.494 e. The Kier molecular flexibility index (Phi) is 6.63. The SMILES string of the molecule is CON=Cc1ccc(OCCC2CCN(c3ccc(C)nn3)CC2)cc1C. The summed E-state index contributed by atoms with van der Waals surface area (Å²) in [5.74, 6) is 2.60. The van der Waals surface area contributed by atoms with E-state index < -0.39 is 0 Å². The molecule has 0 radical (unpaired) electrons. The van der Waals surface area contributed by atoms with Gasteiger partial charge in [0.15, 0.2) is 5.82 Å². The van der Waals surface area contributed by atoms with Gasteiger partial charge in [0, 0.05) is 13.1 Å². The zero-order valence-electron chi connectivity index (χ0n) is 16.4. The van der Waals surface area contributed by atoms with E-state index in [1.165, 1.54) is 12.8 Å². The van der Waals surface area contributed by atoms with Crippen LogP contribution in [0.5, 0.6) is 5.75 Å². The number of nitrogens with zero attached hydrogens (tertiary/aromatic N) is 4. The van der Waals surface area contributed by atoms with E-state index in [1.54, 1.807) is 13.3 Å². The summed E-state index contributed by atoms with van der Waals surface area (Å²) in [6.45, 7) is 6.84. The summed E-state index contributed by atoms with van der Waals surface area (Å²) in [5, 5.41) is 12.3. The second-order valence-corrected chi connectivity index (χ2v) is 7.04. The van der Waals surface area contributed by atoms with Crippen molar-refractivity contribution in [3.63, 3.8) is 0 Å². The predicted octanol–water partition coefficient (Wildman–Crippen LogP) is 3.76.